The predicted molar refractivity (Wildman–Crippen MR) is 79.3 cm³/mol. The highest BCUT2D eigenvalue weighted by atomic mass is 127. The van der Waals surface area contributed by atoms with Crippen molar-refractivity contribution in [2.75, 3.05) is 5.32 Å². The molecule has 1 aliphatic rings. The monoisotopic (exact) mass is 374 g/mol. The number of carbonyl (C=O) groups is 1. The van der Waals surface area contributed by atoms with Crippen molar-refractivity contribution >= 4 is 45.8 Å². The van der Waals surface area contributed by atoms with Gasteiger partial charge in [0.25, 0.3) is 0 Å². The second-order valence-electron chi connectivity index (χ2n) is 4.48. The Balaban J connectivity index is 2.21. The lowest BCUT2D eigenvalue weighted by Crippen LogP contribution is -2.32. The van der Waals surface area contributed by atoms with Crippen LogP contribution in [0.2, 0.25) is 5.02 Å². The third-order valence-corrected chi connectivity index (χ3v) is 4.28. The van der Waals surface area contributed by atoms with Gasteiger partial charge in [0.1, 0.15) is 5.41 Å². The first-order chi connectivity index (χ1) is 8.57. The molecule has 0 atom stereocenters. The Hall–Kier alpha value is -0.800. The molecule has 1 N–H and O–H groups in total. The van der Waals surface area contributed by atoms with Gasteiger partial charge in [0.2, 0.25) is 5.91 Å². The summed E-state index contributed by atoms with van der Waals surface area (Å²) in [6.45, 7) is 0. The highest BCUT2D eigenvalue weighted by Crippen LogP contribution is 2.39. The van der Waals surface area contributed by atoms with E-state index in [0.717, 1.165) is 16.4 Å². The van der Waals surface area contributed by atoms with Gasteiger partial charge >= 0.3 is 0 Å². The zero-order chi connectivity index (χ0) is 13.2. The molecule has 18 heavy (non-hydrogen) atoms. The number of nitrogens with one attached hydrogen (secondary N) is 1. The second-order valence-corrected chi connectivity index (χ2v) is 6.13. The van der Waals surface area contributed by atoms with E-state index < -0.39 is 5.41 Å². The molecule has 1 saturated carbocycles. The van der Waals surface area contributed by atoms with E-state index in [0.29, 0.717) is 23.6 Å². The first-order valence-electron chi connectivity index (χ1n) is 5.75. The van der Waals surface area contributed by atoms with Crippen LogP contribution in [0.1, 0.15) is 25.7 Å². The summed E-state index contributed by atoms with van der Waals surface area (Å²) in [5.41, 5.74) is -0.292. The summed E-state index contributed by atoms with van der Waals surface area (Å²) in [7, 11) is 0. The van der Waals surface area contributed by atoms with Crippen molar-refractivity contribution in [1.82, 2.24) is 0 Å². The number of benzene rings is 1. The minimum absolute atomic E-state index is 0.230. The lowest BCUT2D eigenvalue weighted by atomic mass is 9.87. The van der Waals surface area contributed by atoms with E-state index in [4.69, 9.17) is 11.6 Å². The maximum absolute atomic E-state index is 12.2. The van der Waals surface area contributed by atoms with E-state index in [2.05, 4.69) is 34.0 Å². The number of nitriles is 1. The van der Waals surface area contributed by atoms with Gasteiger partial charge in [-0.2, -0.15) is 5.26 Å². The van der Waals surface area contributed by atoms with E-state index in [-0.39, 0.29) is 5.91 Å². The Morgan fingerprint density at radius 3 is 2.72 bits per heavy atom. The molecule has 0 aromatic heterocycles. The Morgan fingerprint density at radius 2 is 2.11 bits per heavy atom. The molecule has 5 heteroatoms. The summed E-state index contributed by atoms with van der Waals surface area (Å²) < 4.78 is 0.990. The number of hydrogen-bond donors (Lipinski definition) is 1. The molecule has 1 aliphatic carbocycles. The van der Waals surface area contributed by atoms with Crippen molar-refractivity contribution in [2.45, 2.75) is 25.7 Å². The standard InChI is InChI=1S/C13H12ClIN2O/c14-10-4-3-9(15)7-11(10)17-12(18)13(8-16)5-1-2-6-13/h3-4,7H,1-2,5-6H2,(H,17,18). The van der Waals surface area contributed by atoms with Crippen LogP contribution in [-0.2, 0) is 4.79 Å². The van der Waals surface area contributed by atoms with Gasteiger partial charge in [-0.15, -0.1) is 0 Å². The van der Waals surface area contributed by atoms with Crippen LogP contribution in [0.25, 0.3) is 0 Å². The molecule has 2 rings (SSSR count). The van der Waals surface area contributed by atoms with Crippen molar-refractivity contribution in [3.63, 3.8) is 0 Å². The summed E-state index contributed by atoms with van der Waals surface area (Å²) >= 11 is 8.19. The van der Waals surface area contributed by atoms with Gasteiger partial charge < -0.3 is 5.32 Å². The van der Waals surface area contributed by atoms with Gasteiger partial charge in [-0.05, 0) is 53.6 Å². The molecule has 0 aliphatic heterocycles. The van der Waals surface area contributed by atoms with E-state index >= 15 is 0 Å². The average Bonchev–Trinajstić information content (AvgIpc) is 2.84. The average molecular weight is 375 g/mol. The summed E-state index contributed by atoms with van der Waals surface area (Å²) in [6, 6.07) is 7.59. The van der Waals surface area contributed by atoms with E-state index in [9.17, 15) is 10.1 Å². The van der Waals surface area contributed by atoms with Gasteiger partial charge in [0, 0.05) is 3.57 Å². The van der Waals surface area contributed by atoms with Gasteiger partial charge in [-0.1, -0.05) is 24.4 Å². The molecule has 1 fully saturated rings. The van der Waals surface area contributed by atoms with Crippen LogP contribution in [0.4, 0.5) is 5.69 Å². The number of nitrogens with zero attached hydrogens (tertiary/aromatic N) is 1. The Morgan fingerprint density at radius 1 is 1.44 bits per heavy atom. The topological polar surface area (TPSA) is 52.9 Å². The normalized spacial score (nSPS) is 17.2. The Bertz CT molecular complexity index is 518. The molecule has 1 aromatic carbocycles. The summed E-state index contributed by atoms with van der Waals surface area (Å²) in [6.07, 6.45) is 3.13. The molecule has 0 heterocycles. The van der Waals surface area contributed by atoms with Gasteiger partial charge in [0.05, 0.1) is 16.8 Å². The Labute approximate surface area is 125 Å². The van der Waals surface area contributed by atoms with Crippen LogP contribution in [0.3, 0.4) is 0 Å². The van der Waals surface area contributed by atoms with Crippen LogP contribution >= 0.6 is 34.2 Å². The number of anilines is 1. The molecule has 0 unspecified atom stereocenters. The third kappa shape index (κ3) is 2.62. The molecule has 0 spiro atoms. The fraction of sp³-hybridized carbons (Fsp3) is 0.385. The number of rotatable bonds is 2. The summed E-state index contributed by atoms with van der Waals surface area (Å²) in [5, 5.41) is 12.5. The van der Waals surface area contributed by atoms with Gasteiger partial charge in [-0.25, -0.2) is 0 Å². The van der Waals surface area contributed by atoms with Crippen molar-refractivity contribution in [3.8, 4) is 6.07 Å². The summed E-state index contributed by atoms with van der Waals surface area (Å²) in [4.78, 5) is 12.2. The molecular formula is C13H12ClIN2O. The maximum Gasteiger partial charge on any atom is 0.244 e. The minimum Gasteiger partial charge on any atom is -0.323 e. The molecular weight excluding hydrogens is 363 g/mol. The third-order valence-electron chi connectivity index (χ3n) is 3.28. The molecule has 0 saturated heterocycles. The Kier molecular flexibility index (Phi) is 4.13. The first-order valence-corrected chi connectivity index (χ1v) is 7.21. The summed E-state index contributed by atoms with van der Waals surface area (Å²) in [5.74, 6) is -0.230. The van der Waals surface area contributed by atoms with Crippen LogP contribution < -0.4 is 5.32 Å². The molecule has 3 nitrogen and oxygen atoms in total. The first kappa shape index (κ1) is 13.6. The SMILES string of the molecule is N#CC1(C(=O)Nc2cc(I)ccc2Cl)CCCC1. The maximum atomic E-state index is 12.2. The van der Waals surface area contributed by atoms with Crippen molar-refractivity contribution in [1.29, 1.82) is 5.26 Å². The van der Waals surface area contributed by atoms with Crippen LogP contribution in [-0.4, -0.2) is 5.91 Å². The van der Waals surface area contributed by atoms with E-state index in [1.54, 1.807) is 12.1 Å². The molecule has 94 valence electrons. The number of hydrogen-bond acceptors (Lipinski definition) is 2. The highest BCUT2D eigenvalue weighted by Gasteiger charge is 2.41. The fourth-order valence-corrected chi connectivity index (χ4v) is 2.86. The van der Waals surface area contributed by atoms with Gasteiger partial charge in [-0.3, -0.25) is 4.79 Å². The van der Waals surface area contributed by atoms with E-state index in [1.807, 2.05) is 6.07 Å². The molecule has 0 radical (unpaired) electrons. The van der Waals surface area contributed by atoms with Crippen molar-refractivity contribution in [2.24, 2.45) is 5.41 Å². The van der Waals surface area contributed by atoms with E-state index in [1.165, 1.54) is 0 Å². The predicted octanol–water partition coefficient (Wildman–Crippen LogP) is 3.97. The molecule has 1 aromatic rings. The molecule has 0 bridgehead atoms. The van der Waals surface area contributed by atoms with Crippen molar-refractivity contribution < 1.29 is 4.79 Å². The van der Waals surface area contributed by atoms with Crippen LogP contribution in [0.5, 0.6) is 0 Å². The largest absolute Gasteiger partial charge is 0.323 e. The molecule has 1 amide bonds. The smallest absolute Gasteiger partial charge is 0.244 e. The van der Waals surface area contributed by atoms with Gasteiger partial charge in [0.15, 0.2) is 0 Å². The minimum atomic E-state index is -0.870. The zero-order valence-electron chi connectivity index (χ0n) is 9.67. The zero-order valence-corrected chi connectivity index (χ0v) is 12.6. The number of carbonyl (C=O) groups excluding carboxylic acids is 1. The quantitative estimate of drug-likeness (QED) is 0.797. The number of amides is 1. The van der Waals surface area contributed by atoms with Crippen LogP contribution in [0, 0.1) is 20.3 Å². The number of halogens is 2. The van der Waals surface area contributed by atoms with Crippen molar-refractivity contribution in [3.05, 3.63) is 26.8 Å². The highest BCUT2D eigenvalue weighted by molar-refractivity contribution is 14.1. The lowest BCUT2D eigenvalue weighted by Gasteiger charge is -2.19. The second kappa shape index (κ2) is 5.45. The van der Waals surface area contributed by atoms with Crippen LogP contribution in [0.15, 0.2) is 18.2 Å². The lowest BCUT2D eigenvalue weighted by molar-refractivity contribution is -0.122. The fourth-order valence-electron chi connectivity index (χ4n) is 2.20.